The largest absolute Gasteiger partial charge is 0.458 e. The first-order valence-corrected chi connectivity index (χ1v) is 4.08. The van der Waals surface area contributed by atoms with Gasteiger partial charge in [0.15, 0.2) is 23.3 Å². The summed E-state index contributed by atoms with van der Waals surface area (Å²) in [6.45, 7) is 2.36. The Hall–Kier alpha value is -1.85. The number of carbonyl (C=O) groups is 1. The van der Waals surface area contributed by atoms with Crippen LogP contribution in [0.3, 0.4) is 0 Å². The van der Waals surface area contributed by atoms with Gasteiger partial charge in [-0.3, -0.25) is 0 Å². The van der Waals surface area contributed by atoms with Gasteiger partial charge in [-0.15, -0.1) is 0 Å². The lowest BCUT2D eigenvalue weighted by Gasteiger charge is -2.05. The van der Waals surface area contributed by atoms with Crippen LogP contribution in [0.4, 0.5) is 17.6 Å². The summed E-state index contributed by atoms with van der Waals surface area (Å²) in [4.78, 5) is 10.6. The molecular weight excluding hydrogens is 228 g/mol. The Labute approximate surface area is 88.1 Å². The highest BCUT2D eigenvalue weighted by Gasteiger charge is 2.19. The maximum absolute atomic E-state index is 13.0. The average Bonchev–Trinajstić information content (AvgIpc) is 2.28. The Morgan fingerprint density at radius 2 is 1.88 bits per heavy atom. The van der Waals surface area contributed by atoms with Gasteiger partial charge in [0, 0.05) is 11.6 Å². The van der Waals surface area contributed by atoms with E-state index in [1.807, 2.05) is 0 Å². The molecule has 0 atom stereocenters. The predicted octanol–water partition coefficient (Wildman–Crippen LogP) is 2.47. The summed E-state index contributed by atoms with van der Waals surface area (Å²) < 4.78 is 55.3. The first-order valence-electron chi connectivity index (χ1n) is 4.08. The molecule has 0 saturated carbocycles. The lowest BCUT2D eigenvalue weighted by atomic mass is 10.2. The van der Waals surface area contributed by atoms with Crippen LogP contribution in [0, 0.1) is 23.3 Å². The van der Waals surface area contributed by atoms with Gasteiger partial charge >= 0.3 is 5.97 Å². The van der Waals surface area contributed by atoms with Gasteiger partial charge in [0.1, 0.15) is 6.61 Å². The molecule has 0 unspecified atom stereocenters. The second kappa shape index (κ2) is 4.78. The van der Waals surface area contributed by atoms with E-state index in [9.17, 15) is 22.4 Å². The van der Waals surface area contributed by atoms with Gasteiger partial charge in [0.05, 0.1) is 0 Å². The Bertz CT molecular complexity index is 443. The van der Waals surface area contributed by atoms with E-state index in [4.69, 9.17) is 0 Å². The molecule has 0 bridgehead atoms. The van der Waals surface area contributed by atoms with Crippen molar-refractivity contribution in [3.63, 3.8) is 0 Å². The maximum atomic E-state index is 13.0. The third-order valence-electron chi connectivity index (χ3n) is 1.71. The van der Waals surface area contributed by atoms with Crippen LogP contribution in [0.1, 0.15) is 5.56 Å². The van der Waals surface area contributed by atoms with E-state index in [1.54, 1.807) is 0 Å². The standard InChI is InChI=1S/C10H6F4O2/c1-2-7(15)16-4-5-3-6(11)9(13)10(14)8(5)12/h2-3H,1,4H2. The van der Waals surface area contributed by atoms with E-state index < -0.39 is 41.4 Å². The first-order chi connectivity index (χ1) is 7.47. The molecule has 0 aliphatic heterocycles. The maximum Gasteiger partial charge on any atom is 0.330 e. The highest BCUT2D eigenvalue weighted by Crippen LogP contribution is 2.19. The number of halogens is 4. The van der Waals surface area contributed by atoms with E-state index in [0.29, 0.717) is 6.07 Å². The number of rotatable bonds is 3. The van der Waals surface area contributed by atoms with Crippen LogP contribution in [0.5, 0.6) is 0 Å². The van der Waals surface area contributed by atoms with Crippen molar-refractivity contribution in [1.29, 1.82) is 0 Å². The monoisotopic (exact) mass is 234 g/mol. The summed E-state index contributed by atoms with van der Waals surface area (Å²) in [5, 5.41) is 0. The zero-order valence-corrected chi connectivity index (χ0v) is 7.90. The molecule has 1 rings (SSSR count). The summed E-state index contributed by atoms with van der Waals surface area (Å²) in [6, 6.07) is 0.421. The van der Waals surface area contributed by atoms with Crippen LogP contribution in [0.2, 0.25) is 0 Å². The number of hydrogen-bond acceptors (Lipinski definition) is 2. The lowest BCUT2D eigenvalue weighted by molar-refractivity contribution is -0.139. The molecular formula is C10H6F4O2. The van der Waals surface area contributed by atoms with Crippen molar-refractivity contribution >= 4 is 5.97 Å². The predicted molar refractivity (Wildman–Crippen MR) is 46.3 cm³/mol. The fourth-order valence-corrected chi connectivity index (χ4v) is 0.935. The molecule has 0 N–H and O–H groups in total. The summed E-state index contributed by atoms with van der Waals surface area (Å²) in [5.41, 5.74) is -0.591. The van der Waals surface area contributed by atoms with E-state index in [-0.39, 0.29) is 0 Å². The van der Waals surface area contributed by atoms with Crippen molar-refractivity contribution in [3.05, 3.63) is 47.6 Å². The molecule has 86 valence electrons. The molecule has 0 aromatic heterocycles. The second-order valence-corrected chi connectivity index (χ2v) is 2.77. The molecule has 0 fully saturated rings. The van der Waals surface area contributed by atoms with Crippen molar-refractivity contribution in [2.75, 3.05) is 0 Å². The number of benzene rings is 1. The van der Waals surface area contributed by atoms with E-state index in [2.05, 4.69) is 11.3 Å². The summed E-state index contributed by atoms with van der Waals surface area (Å²) >= 11 is 0. The van der Waals surface area contributed by atoms with Crippen LogP contribution >= 0.6 is 0 Å². The molecule has 2 nitrogen and oxygen atoms in total. The molecule has 16 heavy (non-hydrogen) atoms. The van der Waals surface area contributed by atoms with Crippen LogP contribution in [0.15, 0.2) is 18.7 Å². The van der Waals surface area contributed by atoms with Crippen molar-refractivity contribution in [1.82, 2.24) is 0 Å². The SMILES string of the molecule is C=CC(=O)OCc1cc(F)c(F)c(F)c1F. The lowest BCUT2D eigenvalue weighted by Crippen LogP contribution is -2.06. The van der Waals surface area contributed by atoms with Gasteiger partial charge in [-0.2, -0.15) is 0 Å². The molecule has 1 aromatic rings. The normalized spacial score (nSPS) is 10.0. The molecule has 1 aromatic carbocycles. The molecule has 0 aliphatic carbocycles. The van der Waals surface area contributed by atoms with E-state index >= 15 is 0 Å². The van der Waals surface area contributed by atoms with E-state index in [0.717, 1.165) is 6.08 Å². The highest BCUT2D eigenvalue weighted by atomic mass is 19.2. The average molecular weight is 234 g/mol. The quantitative estimate of drug-likeness (QED) is 0.264. The van der Waals surface area contributed by atoms with E-state index in [1.165, 1.54) is 0 Å². The molecule has 0 heterocycles. The Morgan fingerprint density at radius 3 is 2.44 bits per heavy atom. The molecule has 0 aliphatic rings. The summed E-state index contributed by atoms with van der Waals surface area (Å²) in [7, 11) is 0. The minimum atomic E-state index is -1.94. The number of hydrogen-bond donors (Lipinski definition) is 0. The van der Waals surface area contributed by atoms with Crippen molar-refractivity contribution in [3.8, 4) is 0 Å². The first kappa shape index (κ1) is 12.2. The minimum absolute atomic E-state index is 0.421. The number of esters is 1. The zero-order valence-electron chi connectivity index (χ0n) is 7.90. The Morgan fingerprint density at radius 1 is 1.25 bits per heavy atom. The van der Waals surface area contributed by atoms with Crippen LogP contribution in [0.25, 0.3) is 0 Å². The summed E-state index contributed by atoms with van der Waals surface area (Å²) in [6.07, 6.45) is 0.800. The van der Waals surface area contributed by atoms with Crippen LogP contribution in [-0.2, 0) is 16.1 Å². The van der Waals surface area contributed by atoms with Gasteiger partial charge < -0.3 is 4.74 Å². The Balaban J connectivity index is 2.97. The van der Waals surface area contributed by atoms with Gasteiger partial charge in [-0.25, -0.2) is 22.4 Å². The molecule has 0 amide bonds. The third-order valence-corrected chi connectivity index (χ3v) is 1.71. The van der Waals surface area contributed by atoms with Gasteiger partial charge in [-0.1, -0.05) is 6.58 Å². The molecule has 0 radical (unpaired) electrons. The molecule has 0 spiro atoms. The molecule has 0 saturated heterocycles. The van der Waals surface area contributed by atoms with Crippen LogP contribution < -0.4 is 0 Å². The number of carbonyl (C=O) groups excluding carboxylic acids is 1. The van der Waals surface area contributed by atoms with Gasteiger partial charge in [0.25, 0.3) is 0 Å². The third kappa shape index (κ3) is 2.39. The summed E-state index contributed by atoms with van der Waals surface area (Å²) in [5.74, 6) is -7.87. The van der Waals surface area contributed by atoms with Crippen molar-refractivity contribution in [2.24, 2.45) is 0 Å². The van der Waals surface area contributed by atoms with Gasteiger partial charge in [-0.05, 0) is 6.07 Å². The minimum Gasteiger partial charge on any atom is -0.458 e. The van der Waals surface area contributed by atoms with Crippen molar-refractivity contribution < 1.29 is 27.1 Å². The smallest absolute Gasteiger partial charge is 0.330 e. The fourth-order valence-electron chi connectivity index (χ4n) is 0.935. The van der Waals surface area contributed by atoms with Crippen LogP contribution in [-0.4, -0.2) is 5.97 Å². The number of ether oxygens (including phenoxy) is 1. The van der Waals surface area contributed by atoms with Crippen molar-refractivity contribution in [2.45, 2.75) is 6.61 Å². The second-order valence-electron chi connectivity index (χ2n) is 2.77. The van der Waals surface area contributed by atoms with Gasteiger partial charge in [0.2, 0.25) is 0 Å². The zero-order chi connectivity index (χ0) is 12.3. The Kier molecular flexibility index (Phi) is 3.65. The highest BCUT2D eigenvalue weighted by molar-refractivity contribution is 5.81. The topological polar surface area (TPSA) is 26.3 Å². The molecule has 6 heteroatoms. The fraction of sp³-hybridized carbons (Fsp3) is 0.100.